The van der Waals surface area contributed by atoms with Crippen LogP contribution in [0.2, 0.25) is 0 Å². The van der Waals surface area contributed by atoms with Crippen molar-refractivity contribution in [2.45, 2.75) is 25.8 Å². The van der Waals surface area contributed by atoms with Crippen LogP contribution in [0.1, 0.15) is 35.2 Å². The largest absolute Gasteiger partial charge is 0.497 e. The quantitative estimate of drug-likeness (QED) is 0.465. The maximum absolute atomic E-state index is 13.7. The molecule has 7 nitrogen and oxygen atoms in total. The van der Waals surface area contributed by atoms with Gasteiger partial charge in [-0.1, -0.05) is 41.6 Å². The van der Waals surface area contributed by atoms with Crippen molar-refractivity contribution >= 4 is 11.8 Å². The minimum atomic E-state index is -0.0365. The van der Waals surface area contributed by atoms with Gasteiger partial charge in [0.2, 0.25) is 5.88 Å². The molecule has 1 aliphatic heterocycles. The highest BCUT2D eigenvalue weighted by Crippen LogP contribution is 2.34. The molecule has 1 saturated heterocycles. The average Bonchev–Trinajstić information content (AvgIpc) is 3.30. The molecule has 0 bridgehead atoms. The normalized spacial score (nSPS) is 13.8. The minimum absolute atomic E-state index is 0.0365. The van der Waals surface area contributed by atoms with Crippen LogP contribution >= 0.6 is 0 Å². The van der Waals surface area contributed by atoms with Crippen LogP contribution in [0.25, 0.3) is 11.3 Å². The van der Waals surface area contributed by atoms with Gasteiger partial charge in [0, 0.05) is 37.3 Å². The summed E-state index contributed by atoms with van der Waals surface area (Å²) in [6, 6.07) is 17.4. The number of rotatable bonds is 9. The van der Waals surface area contributed by atoms with Gasteiger partial charge in [0.1, 0.15) is 11.4 Å². The zero-order valence-electron chi connectivity index (χ0n) is 20.4. The van der Waals surface area contributed by atoms with Gasteiger partial charge in [-0.25, -0.2) is 0 Å². The second kappa shape index (κ2) is 11.2. The number of hydrogen-bond donors (Lipinski definition) is 0. The van der Waals surface area contributed by atoms with Gasteiger partial charge in [-0.15, -0.1) is 0 Å². The molecule has 4 rings (SSSR count). The molecule has 0 unspecified atom stereocenters. The Bertz CT molecular complexity index is 1070. The zero-order valence-corrected chi connectivity index (χ0v) is 20.4. The van der Waals surface area contributed by atoms with Crippen LogP contribution in [-0.2, 0) is 6.54 Å². The Morgan fingerprint density at radius 2 is 1.79 bits per heavy atom. The summed E-state index contributed by atoms with van der Waals surface area (Å²) in [7, 11) is 5.64. The number of ether oxygens (including phenoxy) is 1. The van der Waals surface area contributed by atoms with Gasteiger partial charge in [0.15, 0.2) is 0 Å². The summed E-state index contributed by atoms with van der Waals surface area (Å²) in [5.41, 5.74) is 3.36. The predicted octanol–water partition coefficient (Wildman–Crippen LogP) is 4.54. The first kappa shape index (κ1) is 23.8. The van der Waals surface area contributed by atoms with E-state index in [0.29, 0.717) is 24.4 Å². The van der Waals surface area contributed by atoms with Crippen LogP contribution < -0.4 is 9.64 Å². The number of piperidine rings is 1. The van der Waals surface area contributed by atoms with Crippen molar-refractivity contribution in [3.05, 3.63) is 65.7 Å². The first-order chi connectivity index (χ1) is 16.6. The lowest BCUT2D eigenvalue weighted by Gasteiger charge is -2.29. The van der Waals surface area contributed by atoms with Gasteiger partial charge in [0.05, 0.1) is 19.2 Å². The van der Waals surface area contributed by atoms with Crippen LogP contribution in [0.5, 0.6) is 5.75 Å². The van der Waals surface area contributed by atoms with Crippen molar-refractivity contribution in [1.29, 1.82) is 0 Å². The number of nitrogens with zero attached hydrogens (tertiary/aromatic N) is 4. The highest BCUT2D eigenvalue weighted by molar-refractivity contribution is 5.94. The van der Waals surface area contributed by atoms with Crippen LogP contribution in [-0.4, -0.2) is 68.2 Å². The lowest BCUT2D eigenvalue weighted by Crippen LogP contribution is -2.37. The van der Waals surface area contributed by atoms with Crippen LogP contribution in [0, 0.1) is 0 Å². The number of anilines is 1. The van der Waals surface area contributed by atoms with E-state index >= 15 is 0 Å². The Labute approximate surface area is 201 Å². The fourth-order valence-corrected chi connectivity index (χ4v) is 4.31. The maximum atomic E-state index is 13.7. The van der Waals surface area contributed by atoms with Crippen molar-refractivity contribution < 1.29 is 14.1 Å². The van der Waals surface area contributed by atoms with E-state index in [1.54, 1.807) is 13.2 Å². The first-order valence-corrected chi connectivity index (χ1v) is 11.9. The summed E-state index contributed by atoms with van der Waals surface area (Å²) in [4.78, 5) is 19.9. The van der Waals surface area contributed by atoms with Gasteiger partial charge < -0.3 is 24.0 Å². The Hall–Kier alpha value is -3.32. The van der Waals surface area contributed by atoms with Crippen molar-refractivity contribution in [1.82, 2.24) is 15.0 Å². The Morgan fingerprint density at radius 3 is 2.50 bits per heavy atom. The predicted molar refractivity (Wildman–Crippen MR) is 134 cm³/mol. The van der Waals surface area contributed by atoms with Gasteiger partial charge >= 0.3 is 0 Å². The topological polar surface area (TPSA) is 62.1 Å². The molecule has 34 heavy (non-hydrogen) atoms. The van der Waals surface area contributed by atoms with Gasteiger partial charge in [-0.3, -0.25) is 4.79 Å². The van der Waals surface area contributed by atoms with E-state index in [-0.39, 0.29) is 5.91 Å². The minimum Gasteiger partial charge on any atom is -0.497 e. The summed E-state index contributed by atoms with van der Waals surface area (Å²) in [6.07, 6.45) is 3.50. The van der Waals surface area contributed by atoms with Crippen molar-refractivity contribution in [2.75, 3.05) is 52.3 Å². The van der Waals surface area contributed by atoms with E-state index in [1.807, 2.05) is 67.5 Å². The summed E-state index contributed by atoms with van der Waals surface area (Å²) < 4.78 is 11.3. The lowest BCUT2D eigenvalue weighted by molar-refractivity contribution is 0.0732. The molecule has 3 aromatic rings. The number of likely N-dealkylation sites (N-methyl/N-ethyl adjacent to an activating group) is 1. The van der Waals surface area contributed by atoms with Gasteiger partial charge in [0.25, 0.3) is 5.91 Å². The first-order valence-electron chi connectivity index (χ1n) is 11.9. The number of carbonyl (C=O) groups is 1. The molecule has 2 aromatic carbocycles. The molecular weight excluding hydrogens is 428 g/mol. The SMILES string of the molecule is COc1cccc(C(=O)N(CCN(C)C)Cc2c(-c3ccccc3)noc2N2CCCCC2)c1. The maximum Gasteiger partial charge on any atom is 0.254 e. The number of methoxy groups -OCH3 is 1. The average molecular weight is 463 g/mol. The van der Waals surface area contributed by atoms with Crippen LogP contribution in [0.15, 0.2) is 59.1 Å². The standard InChI is InChI=1S/C27H34N4O3/c1-29(2)17-18-31(26(32)22-13-10-14-23(19-22)33-3)20-24-25(21-11-6-4-7-12-21)28-34-27(24)30-15-8-5-9-16-30/h4,6-7,10-14,19H,5,8-9,15-18,20H2,1-3H3. The molecule has 7 heteroatoms. The van der Waals surface area contributed by atoms with E-state index < -0.39 is 0 Å². The third-order valence-electron chi connectivity index (χ3n) is 6.23. The number of hydrogen-bond acceptors (Lipinski definition) is 6. The fourth-order valence-electron chi connectivity index (χ4n) is 4.31. The number of amides is 1. The number of aromatic nitrogens is 1. The van der Waals surface area contributed by atoms with E-state index in [9.17, 15) is 4.79 Å². The van der Waals surface area contributed by atoms with Crippen molar-refractivity contribution in [3.63, 3.8) is 0 Å². The Kier molecular flexibility index (Phi) is 7.85. The van der Waals surface area contributed by atoms with Gasteiger partial charge in [-0.05, 0) is 51.6 Å². The summed E-state index contributed by atoms with van der Waals surface area (Å²) in [6.45, 7) is 3.64. The summed E-state index contributed by atoms with van der Waals surface area (Å²) in [5.74, 6) is 1.42. The number of benzene rings is 2. The Morgan fingerprint density at radius 1 is 1.03 bits per heavy atom. The van der Waals surface area contributed by atoms with Crippen molar-refractivity contribution in [3.8, 4) is 17.0 Å². The molecule has 2 heterocycles. The summed E-state index contributed by atoms with van der Waals surface area (Å²) in [5, 5.41) is 4.48. The molecule has 1 aliphatic rings. The van der Waals surface area contributed by atoms with Crippen LogP contribution in [0.4, 0.5) is 5.88 Å². The van der Waals surface area contributed by atoms with Crippen molar-refractivity contribution in [2.24, 2.45) is 0 Å². The molecule has 0 spiro atoms. The summed E-state index contributed by atoms with van der Waals surface area (Å²) >= 11 is 0. The third-order valence-corrected chi connectivity index (χ3v) is 6.23. The van der Waals surface area contributed by atoms with Crippen LogP contribution in [0.3, 0.4) is 0 Å². The van der Waals surface area contributed by atoms with E-state index in [4.69, 9.17) is 9.26 Å². The van der Waals surface area contributed by atoms with E-state index in [0.717, 1.165) is 55.2 Å². The monoisotopic (exact) mass is 462 g/mol. The smallest absolute Gasteiger partial charge is 0.254 e. The molecular formula is C27H34N4O3. The molecule has 0 N–H and O–H groups in total. The molecule has 180 valence electrons. The van der Waals surface area contributed by atoms with E-state index in [2.05, 4.69) is 15.0 Å². The second-order valence-electron chi connectivity index (χ2n) is 8.99. The molecule has 0 aliphatic carbocycles. The fraction of sp³-hybridized carbons (Fsp3) is 0.407. The van der Waals surface area contributed by atoms with Gasteiger partial charge in [-0.2, -0.15) is 0 Å². The number of carbonyl (C=O) groups excluding carboxylic acids is 1. The Balaban J connectivity index is 1.71. The molecule has 1 aromatic heterocycles. The van der Waals surface area contributed by atoms with E-state index in [1.165, 1.54) is 6.42 Å². The lowest BCUT2D eigenvalue weighted by atomic mass is 10.0. The highest BCUT2D eigenvalue weighted by atomic mass is 16.5. The molecule has 0 atom stereocenters. The molecule has 1 amide bonds. The zero-order chi connectivity index (χ0) is 23.9. The molecule has 1 fully saturated rings. The third kappa shape index (κ3) is 5.59. The molecule has 0 radical (unpaired) electrons. The highest BCUT2D eigenvalue weighted by Gasteiger charge is 2.27. The second-order valence-corrected chi connectivity index (χ2v) is 8.99. The molecule has 0 saturated carbocycles.